The van der Waals surface area contributed by atoms with E-state index in [4.69, 9.17) is 20.4 Å². The largest absolute Gasteiger partial charge is 0.367 e. The minimum atomic E-state index is -0.614. The number of nitrogens with two attached hydrogens (primary N) is 1. The normalized spacial score (nSPS) is 19.4. The molecule has 1 fully saturated rings. The summed E-state index contributed by atoms with van der Waals surface area (Å²) in [5.74, 6) is 1.11. The van der Waals surface area contributed by atoms with Crippen LogP contribution in [0, 0.1) is 0 Å². The van der Waals surface area contributed by atoms with Gasteiger partial charge in [0.05, 0.1) is 18.5 Å². The number of ether oxygens (including phenoxy) is 1. The lowest BCUT2D eigenvalue weighted by atomic mass is 10.1. The number of carbonyl (C=O) groups excluding carboxylic acids is 1. The van der Waals surface area contributed by atoms with Crippen LogP contribution < -0.4 is 10.6 Å². The zero-order valence-electron chi connectivity index (χ0n) is 14.7. The monoisotopic (exact) mass is 381 g/mol. The number of amides is 1. The highest BCUT2D eigenvalue weighted by molar-refractivity contribution is 7.19. The first-order valence-electron chi connectivity index (χ1n) is 9.09. The van der Waals surface area contributed by atoms with Crippen LogP contribution in [0.2, 0.25) is 0 Å². The van der Waals surface area contributed by atoms with Gasteiger partial charge in [-0.05, 0) is 37.0 Å². The van der Waals surface area contributed by atoms with Crippen molar-refractivity contribution < 1.29 is 9.53 Å². The van der Waals surface area contributed by atoms with E-state index in [1.165, 1.54) is 16.9 Å². The summed E-state index contributed by atoms with van der Waals surface area (Å²) in [7, 11) is 0. The maximum atomic E-state index is 11.7. The second-order valence-electron chi connectivity index (χ2n) is 6.86. The zero-order valence-corrected chi connectivity index (χ0v) is 15.5. The number of morpholine rings is 1. The standard InChI is InChI=1S/C19H19N5O2S/c20-16(25)13-10-24(7-8-26-13)18-15-12-4-1-5-14(12)27-19(15)23-17(22-18)11-3-2-6-21-9-11/h2-3,6,9,13H,1,4-5,7-8,10H2,(H2,20,25). The molecule has 5 rings (SSSR count). The lowest BCUT2D eigenvalue weighted by molar-refractivity contribution is -0.130. The SMILES string of the molecule is NC(=O)C1CN(c2nc(-c3cccnc3)nc3sc4c(c23)CCC4)CCO1. The average molecular weight is 381 g/mol. The number of aryl methyl sites for hydroxylation is 2. The van der Waals surface area contributed by atoms with Gasteiger partial charge in [0.25, 0.3) is 0 Å². The van der Waals surface area contributed by atoms with Gasteiger partial charge in [0.15, 0.2) is 11.9 Å². The Kier molecular flexibility index (Phi) is 4.02. The van der Waals surface area contributed by atoms with Gasteiger partial charge in [-0.3, -0.25) is 9.78 Å². The van der Waals surface area contributed by atoms with Crippen molar-refractivity contribution >= 4 is 33.3 Å². The van der Waals surface area contributed by atoms with Gasteiger partial charge >= 0.3 is 0 Å². The minimum Gasteiger partial charge on any atom is -0.367 e. The number of hydrogen-bond acceptors (Lipinski definition) is 7. The van der Waals surface area contributed by atoms with E-state index in [1.54, 1.807) is 23.7 Å². The summed E-state index contributed by atoms with van der Waals surface area (Å²) in [5.41, 5.74) is 7.73. The second kappa shape index (κ2) is 6.54. The summed E-state index contributed by atoms with van der Waals surface area (Å²) < 4.78 is 5.53. The topological polar surface area (TPSA) is 94.2 Å². The number of hydrogen-bond donors (Lipinski definition) is 1. The molecule has 0 bridgehead atoms. The summed E-state index contributed by atoms with van der Waals surface area (Å²) in [6.07, 6.45) is 6.23. The Balaban J connectivity index is 1.67. The molecule has 7 nitrogen and oxygen atoms in total. The van der Waals surface area contributed by atoms with Gasteiger partial charge in [-0.15, -0.1) is 11.3 Å². The number of pyridine rings is 1. The van der Waals surface area contributed by atoms with Crippen LogP contribution >= 0.6 is 11.3 Å². The van der Waals surface area contributed by atoms with E-state index in [9.17, 15) is 4.79 Å². The van der Waals surface area contributed by atoms with Crippen molar-refractivity contribution in [1.29, 1.82) is 0 Å². The molecule has 138 valence electrons. The Morgan fingerprint density at radius 2 is 2.26 bits per heavy atom. The van der Waals surface area contributed by atoms with Crippen molar-refractivity contribution in [2.75, 3.05) is 24.6 Å². The Hall–Kier alpha value is -2.58. The third-order valence-corrected chi connectivity index (χ3v) is 6.33. The number of fused-ring (bicyclic) bond motifs is 3. The van der Waals surface area contributed by atoms with E-state index in [1.807, 2.05) is 12.1 Å². The average Bonchev–Trinajstić information content (AvgIpc) is 3.29. The van der Waals surface area contributed by atoms with Crippen molar-refractivity contribution in [2.24, 2.45) is 5.73 Å². The van der Waals surface area contributed by atoms with Crippen LogP contribution in [0.15, 0.2) is 24.5 Å². The number of anilines is 1. The molecule has 4 heterocycles. The number of aromatic nitrogens is 3. The number of nitrogens with zero attached hydrogens (tertiary/aromatic N) is 4. The van der Waals surface area contributed by atoms with Crippen LogP contribution in [0.5, 0.6) is 0 Å². The van der Waals surface area contributed by atoms with Gasteiger partial charge in [-0.2, -0.15) is 0 Å². The number of carbonyl (C=O) groups is 1. The Labute approximate surface area is 160 Å². The van der Waals surface area contributed by atoms with E-state index in [0.29, 0.717) is 25.5 Å². The lowest BCUT2D eigenvalue weighted by Gasteiger charge is -2.32. The predicted molar refractivity (Wildman–Crippen MR) is 104 cm³/mol. The molecular weight excluding hydrogens is 362 g/mol. The highest BCUT2D eigenvalue weighted by Crippen LogP contribution is 2.41. The maximum Gasteiger partial charge on any atom is 0.248 e. The molecule has 0 aromatic carbocycles. The van der Waals surface area contributed by atoms with Crippen LogP contribution in [0.4, 0.5) is 5.82 Å². The van der Waals surface area contributed by atoms with Gasteiger partial charge in [0, 0.05) is 29.4 Å². The second-order valence-corrected chi connectivity index (χ2v) is 7.94. The molecule has 0 radical (unpaired) electrons. The van der Waals surface area contributed by atoms with E-state index in [0.717, 1.165) is 34.4 Å². The Bertz CT molecular complexity index is 1020. The molecule has 1 atom stereocenters. The van der Waals surface area contributed by atoms with E-state index in [-0.39, 0.29) is 0 Å². The molecule has 27 heavy (non-hydrogen) atoms. The van der Waals surface area contributed by atoms with Crippen molar-refractivity contribution in [2.45, 2.75) is 25.4 Å². The molecule has 1 unspecified atom stereocenters. The van der Waals surface area contributed by atoms with Gasteiger partial charge in [0.1, 0.15) is 10.6 Å². The van der Waals surface area contributed by atoms with Crippen molar-refractivity contribution in [3.63, 3.8) is 0 Å². The summed E-state index contributed by atoms with van der Waals surface area (Å²) in [4.78, 5) is 30.1. The molecule has 3 aromatic heterocycles. The molecule has 1 aliphatic heterocycles. The highest BCUT2D eigenvalue weighted by Gasteiger charge is 2.30. The molecule has 1 aliphatic carbocycles. The first-order valence-corrected chi connectivity index (χ1v) is 9.91. The summed E-state index contributed by atoms with van der Waals surface area (Å²) in [6, 6.07) is 3.85. The van der Waals surface area contributed by atoms with E-state index in [2.05, 4.69) is 9.88 Å². The van der Waals surface area contributed by atoms with Gasteiger partial charge < -0.3 is 15.4 Å². The quantitative estimate of drug-likeness (QED) is 0.745. The van der Waals surface area contributed by atoms with Crippen molar-refractivity contribution in [3.8, 4) is 11.4 Å². The van der Waals surface area contributed by atoms with Crippen LogP contribution in [0.3, 0.4) is 0 Å². The molecule has 1 saturated heterocycles. The number of thiophene rings is 1. The molecule has 2 N–H and O–H groups in total. The van der Waals surface area contributed by atoms with Gasteiger partial charge in [-0.1, -0.05) is 0 Å². The Morgan fingerprint density at radius 3 is 3.07 bits per heavy atom. The summed E-state index contributed by atoms with van der Waals surface area (Å²) >= 11 is 1.76. The fourth-order valence-electron chi connectivity index (χ4n) is 3.84. The van der Waals surface area contributed by atoms with E-state index < -0.39 is 12.0 Å². The van der Waals surface area contributed by atoms with Gasteiger partial charge in [-0.25, -0.2) is 9.97 Å². The molecule has 0 saturated carbocycles. The lowest BCUT2D eigenvalue weighted by Crippen LogP contribution is -2.48. The highest BCUT2D eigenvalue weighted by atomic mass is 32.1. The molecule has 3 aromatic rings. The number of primary amides is 1. The van der Waals surface area contributed by atoms with Crippen LogP contribution in [-0.4, -0.2) is 46.7 Å². The Morgan fingerprint density at radius 1 is 1.33 bits per heavy atom. The smallest absolute Gasteiger partial charge is 0.248 e. The van der Waals surface area contributed by atoms with E-state index >= 15 is 0 Å². The molecule has 1 amide bonds. The first-order chi connectivity index (χ1) is 13.2. The first kappa shape index (κ1) is 16.6. The van der Waals surface area contributed by atoms with Crippen LogP contribution in [-0.2, 0) is 22.4 Å². The molecular formula is C19H19N5O2S. The van der Waals surface area contributed by atoms with Gasteiger partial charge in [0.2, 0.25) is 5.91 Å². The minimum absolute atomic E-state index is 0.415. The molecule has 2 aliphatic rings. The fraction of sp³-hybridized carbons (Fsp3) is 0.368. The van der Waals surface area contributed by atoms with Crippen LogP contribution in [0.1, 0.15) is 16.9 Å². The molecule has 8 heteroatoms. The van der Waals surface area contributed by atoms with Crippen LogP contribution in [0.25, 0.3) is 21.6 Å². The zero-order chi connectivity index (χ0) is 18.4. The maximum absolute atomic E-state index is 11.7. The predicted octanol–water partition coefficient (Wildman–Crippen LogP) is 1.93. The summed E-state index contributed by atoms with van der Waals surface area (Å²) in [6.45, 7) is 1.54. The van der Waals surface area contributed by atoms with Crippen molar-refractivity contribution in [1.82, 2.24) is 15.0 Å². The third-order valence-electron chi connectivity index (χ3n) is 5.15. The fourth-order valence-corrected chi connectivity index (χ4v) is 5.10. The molecule has 0 spiro atoms. The number of rotatable bonds is 3. The van der Waals surface area contributed by atoms with Crippen molar-refractivity contribution in [3.05, 3.63) is 35.0 Å². The third kappa shape index (κ3) is 2.85. The summed E-state index contributed by atoms with van der Waals surface area (Å²) in [5, 5.41) is 1.13.